The van der Waals surface area contributed by atoms with Gasteiger partial charge in [-0.3, -0.25) is 13.9 Å². The molecule has 7 nitrogen and oxygen atoms in total. The lowest BCUT2D eigenvalue weighted by Crippen LogP contribution is -2.40. The van der Waals surface area contributed by atoms with Gasteiger partial charge in [0, 0.05) is 18.3 Å². The number of rotatable bonds is 3. The summed E-state index contributed by atoms with van der Waals surface area (Å²) in [6.07, 6.45) is 5.50. The van der Waals surface area contributed by atoms with Crippen LogP contribution >= 0.6 is 0 Å². The van der Waals surface area contributed by atoms with Crippen LogP contribution in [-0.2, 0) is 19.6 Å². The Balaban J connectivity index is 1.60. The van der Waals surface area contributed by atoms with Crippen LogP contribution in [0.15, 0.2) is 24.3 Å². The first-order chi connectivity index (χ1) is 12.0. The SMILES string of the molecule is O=C(Nc1ccc(N2CCCCS2(=O)=O)cc1)C(=O)NC1CCCC1. The largest absolute Gasteiger partial charge is 0.345 e. The molecule has 1 saturated carbocycles. The van der Waals surface area contributed by atoms with Gasteiger partial charge in [0.25, 0.3) is 0 Å². The predicted octanol–water partition coefficient (Wildman–Crippen LogP) is 1.61. The number of carbonyl (C=O) groups is 2. The van der Waals surface area contributed by atoms with Gasteiger partial charge >= 0.3 is 11.8 Å². The Kier molecular flexibility index (Phi) is 5.27. The highest BCUT2D eigenvalue weighted by molar-refractivity contribution is 7.92. The van der Waals surface area contributed by atoms with Crippen LogP contribution in [0, 0.1) is 0 Å². The fourth-order valence-electron chi connectivity index (χ4n) is 3.30. The molecule has 0 atom stereocenters. The maximum absolute atomic E-state index is 12.1. The molecule has 1 aliphatic carbocycles. The molecule has 0 aromatic heterocycles. The van der Waals surface area contributed by atoms with Crippen LogP contribution in [0.25, 0.3) is 0 Å². The van der Waals surface area contributed by atoms with Gasteiger partial charge in [0.15, 0.2) is 0 Å². The summed E-state index contributed by atoms with van der Waals surface area (Å²) in [5.41, 5.74) is 1.04. The van der Waals surface area contributed by atoms with Crippen LogP contribution in [0.1, 0.15) is 38.5 Å². The molecule has 136 valence electrons. The van der Waals surface area contributed by atoms with Crippen molar-refractivity contribution < 1.29 is 18.0 Å². The zero-order valence-electron chi connectivity index (χ0n) is 14.0. The molecular formula is C17H23N3O4S. The number of benzene rings is 1. The number of nitrogens with one attached hydrogen (secondary N) is 2. The lowest BCUT2D eigenvalue weighted by atomic mass is 10.2. The van der Waals surface area contributed by atoms with E-state index in [2.05, 4.69) is 10.6 Å². The third-order valence-corrected chi connectivity index (χ3v) is 6.53. The van der Waals surface area contributed by atoms with Crippen LogP contribution in [0.3, 0.4) is 0 Å². The topological polar surface area (TPSA) is 95.6 Å². The summed E-state index contributed by atoms with van der Waals surface area (Å²) in [4.78, 5) is 23.9. The number of sulfonamides is 1. The van der Waals surface area contributed by atoms with Gasteiger partial charge in [0.1, 0.15) is 0 Å². The van der Waals surface area contributed by atoms with Crippen molar-refractivity contribution in [2.75, 3.05) is 21.9 Å². The minimum Gasteiger partial charge on any atom is -0.345 e. The summed E-state index contributed by atoms with van der Waals surface area (Å²) in [5.74, 6) is -1.17. The number of amides is 2. The molecule has 2 aliphatic rings. The minimum absolute atomic E-state index is 0.0879. The van der Waals surface area contributed by atoms with E-state index in [1.165, 1.54) is 4.31 Å². The summed E-state index contributed by atoms with van der Waals surface area (Å²) in [6, 6.07) is 6.60. The fraction of sp³-hybridized carbons (Fsp3) is 0.529. The molecule has 25 heavy (non-hydrogen) atoms. The van der Waals surface area contributed by atoms with Crippen LogP contribution in [-0.4, -0.2) is 38.6 Å². The molecule has 0 spiro atoms. The fourth-order valence-corrected chi connectivity index (χ4v) is 4.94. The Hall–Kier alpha value is -2.09. The van der Waals surface area contributed by atoms with E-state index in [-0.39, 0.29) is 11.8 Å². The van der Waals surface area contributed by atoms with E-state index in [4.69, 9.17) is 0 Å². The highest BCUT2D eigenvalue weighted by Gasteiger charge is 2.26. The number of hydrogen-bond acceptors (Lipinski definition) is 4. The van der Waals surface area contributed by atoms with Gasteiger partial charge in [0.2, 0.25) is 10.0 Å². The van der Waals surface area contributed by atoms with Gasteiger partial charge in [-0.2, -0.15) is 0 Å². The molecule has 1 saturated heterocycles. The number of nitrogens with zero attached hydrogens (tertiary/aromatic N) is 1. The van der Waals surface area contributed by atoms with Gasteiger partial charge in [-0.1, -0.05) is 12.8 Å². The van der Waals surface area contributed by atoms with E-state index in [9.17, 15) is 18.0 Å². The Morgan fingerprint density at radius 3 is 2.28 bits per heavy atom. The van der Waals surface area contributed by atoms with Crippen molar-refractivity contribution in [3.63, 3.8) is 0 Å². The van der Waals surface area contributed by atoms with E-state index in [0.29, 0.717) is 24.3 Å². The molecule has 1 aliphatic heterocycles. The first kappa shape index (κ1) is 17.7. The zero-order chi connectivity index (χ0) is 17.9. The molecule has 1 aromatic rings. The second-order valence-corrected chi connectivity index (χ2v) is 8.56. The van der Waals surface area contributed by atoms with E-state index in [1.807, 2.05) is 0 Å². The third kappa shape index (κ3) is 4.31. The number of carbonyl (C=O) groups excluding carboxylic acids is 2. The third-order valence-electron chi connectivity index (χ3n) is 4.66. The minimum atomic E-state index is -3.26. The lowest BCUT2D eigenvalue weighted by Gasteiger charge is -2.28. The average molecular weight is 365 g/mol. The van der Waals surface area contributed by atoms with Crippen molar-refractivity contribution >= 4 is 33.2 Å². The summed E-state index contributed by atoms with van der Waals surface area (Å²) in [6.45, 7) is 0.470. The van der Waals surface area contributed by atoms with Gasteiger partial charge in [0.05, 0.1) is 11.4 Å². The molecule has 2 amide bonds. The van der Waals surface area contributed by atoms with Crippen LogP contribution < -0.4 is 14.9 Å². The van der Waals surface area contributed by atoms with E-state index < -0.39 is 21.8 Å². The van der Waals surface area contributed by atoms with Crippen molar-refractivity contribution in [2.45, 2.75) is 44.6 Å². The molecule has 1 aromatic carbocycles. The normalized spacial score (nSPS) is 20.2. The first-order valence-electron chi connectivity index (χ1n) is 8.68. The highest BCUT2D eigenvalue weighted by atomic mass is 32.2. The Bertz CT molecular complexity index is 740. The molecule has 3 rings (SSSR count). The zero-order valence-corrected chi connectivity index (χ0v) is 14.8. The van der Waals surface area contributed by atoms with Crippen LogP contribution in [0.4, 0.5) is 11.4 Å². The highest BCUT2D eigenvalue weighted by Crippen LogP contribution is 2.25. The molecule has 8 heteroatoms. The molecular weight excluding hydrogens is 342 g/mol. The molecule has 1 heterocycles. The van der Waals surface area contributed by atoms with Gasteiger partial charge < -0.3 is 10.6 Å². The molecule has 0 unspecified atom stereocenters. The number of hydrogen-bond donors (Lipinski definition) is 2. The monoisotopic (exact) mass is 365 g/mol. The molecule has 2 N–H and O–H groups in total. The summed E-state index contributed by atoms with van der Waals surface area (Å²) >= 11 is 0. The van der Waals surface area contributed by atoms with Crippen molar-refractivity contribution in [3.05, 3.63) is 24.3 Å². The van der Waals surface area contributed by atoms with E-state index >= 15 is 0 Å². The summed E-state index contributed by atoms with van der Waals surface area (Å²) < 4.78 is 25.6. The maximum atomic E-state index is 12.1. The van der Waals surface area contributed by atoms with Crippen molar-refractivity contribution in [3.8, 4) is 0 Å². The van der Waals surface area contributed by atoms with Crippen LogP contribution in [0.5, 0.6) is 0 Å². The Morgan fingerprint density at radius 1 is 0.960 bits per heavy atom. The standard InChI is InChI=1S/C17H23N3O4S/c21-16(18-13-5-1-2-6-13)17(22)19-14-7-9-15(10-8-14)20-11-3-4-12-25(20,23)24/h7-10,13H,1-6,11-12H2,(H,18,21)(H,19,22). The Morgan fingerprint density at radius 2 is 1.64 bits per heavy atom. The molecule has 0 radical (unpaired) electrons. The molecule has 0 bridgehead atoms. The summed E-state index contributed by atoms with van der Waals surface area (Å²) in [7, 11) is -3.26. The van der Waals surface area contributed by atoms with E-state index in [1.54, 1.807) is 24.3 Å². The van der Waals surface area contributed by atoms with Gasteiger partial charge in [-0.25, -0.2) is 8.42 Å². The van der Waals surface area contributed by atoms with Crippen molar-refractivity contribution in [1.82, 2.24) is 5.32 Å². The summed E-state index contributed by atoms with van der Waals surface area (Å²) in [5, 5.41) is 5.28. The number of anilines is 2. The van der Waals surface area contributed by atoms with Crippen molar-refractivity contribution in [2.24, 2.45) is 0 Å². The first-order valence-corrected chi connectivity index (χ1v) is 10.3. The van der Waals surface area contributed by atoms with E-state index in [0.717, 1.165) is 32.1 Å². The van der Waals surface area contributed by atoms with Crippen molar-refractivity contribution in [1.29, 1.82) is 0 Å². The maximum Gasteiger partial charge on any atom is 0.313 e. The second-order valence-electron chi connectivity index (χ2n) is 6.55. The van der Waals surface area contributed by atoms with Gasteiger partial charge in [-0.05, 0) is 49.9 Å². The average Bonchev–Trinajstić information content (AvgIpc) is 3.08. The quantitative estimate of drug-likeness (QED) is 0.796. The smallest absolute Gasteiger partial charge is 0.313 e. The lowest BCUT2D eigenvalue weighted by molar-refractivity contribution is -0.136. The van der Waals surface area contributed by atoms with Gasteiger partial charge in [-0.15, -0.1) is 0 Å². The van der Waals surface area contributed by atoms with Crippen LogP contribution in [0.2, 0.25) is 0 Å². The Labute approximate surface area is 147 Å². The second kappa shape index (κ2) is 7.43. The molecule has 2 fully saturated rings. The predicted molar refractivity (Wildman–Crippen MR) is 95.8 cm³/mol.